The van der Waals surface area contributed by atoms with Crippen molar-refractivity contribution in [2.24, 2.45) is 0 Å². The van der Waals surface area contributed by atoms with Gasteiger partial charge in [-0.1, -0.05) is 24.3 Å². The van der Waals surface area contributed by atoms with E-state index in [4.69, 9.17) is 5.11 Å². The van der Waals surface area contributed by atoms with Crippen LogP contribution in [0.25, 0.3) is 0 Å². The van der Waals surface area contributed by atoms with E-state index in [1.165, 1.54) is 12.1 Å². The molecule has 9 heteroatoms. The molecule has 130 valence electrons. The van der Waals surface area contributed by atoms with Gasteiger partial charge in [0.15, 0.2) is 0 Å². The highest BCUT2D eigenvalue weighted by atomic mass is 32.2. The second kappa shape index (κ2) is 7.10. The maximum atomic E-state index is 12.7. The molecule has 0 radical (unpaired) electrons. The summed E-state index contributed by atoms with van der Waals surface area (Å²) in [7, 11) is -4.17. The highest BCUT2D eigenvalue weighted by Gasteiger charge is 2.32. The maximum absolute atomic E-state index is 12.7. The van der Waals surface area contributed by atoms with E-state index in [2.05, 4.69) is 4.74 Å². The zero-order valence-corrected chi connectivity index (χ0v) is 13.1. The molecule has 0 aromatic heterocycles. The molecule has 0 atom stereocenters. The van der Waals surface area contributed by atoms with Gasteiger partial charge in [-0.05, 0) is 24.3 Å². The van der Waals surface area contributed by atoms with E-state index >= 15 is 0 Å². The van der Waals surface area contributed by atoms with Crippen molar-refractivity contribution in [3.8, 4) is 5.75 Å². The van der Waals surface area contributed by atoms with Crippen LogP contribution < -0.4 is 9.04 Å². The second-order valence-corrected chi connectivity index (χ2v) is 6.52. The summed E-state index contributed by atoms with van der Waals surface area (Å²) in [6.45, 7) is -0.691. The monoisotopic (exact) mass is 361 g/mol. The Labute approximate surface area is 137 Å². The third kappa shape index (κ3) is 4.39. The topological polar surface area (TPSA) is 66.8 Å². The first kappa shape index (κ1) is 18.1. The van der Waals surface area contributed by atoms with Crippen molar-refractivity contribution in [1.82, 2.24) is 0 Å². The van der Waals surface area contributed by atoms with Crippen LogP contribution in [0.15, 0.2) is 59.5 Å². The third-order valence-electron chi connectivity index (χ3n) is 2.97. The lowest BCUT2D eigenvalue weighted by Gasteiger charge is -2.24. The molecule has 0 spiro atoms. The van der Waals surface area contributed by atoms with E-state index in [9.17, 15) is 21.6 Å². The Morgan fingerprint density at radius 2 is 1.71 bits per heavy atom. The Hall–Kier alpha value is -2.26. The summed E-state index contributed by atoms with van der Waals surface area (Å²) in [6.07, 6.45) is -4.92. The van der Waals surface area contributed by atoms with E-state index in [0.717, 1.165) is 28.6 Å². The van der Waals surface area contributed by atoms with Crippen molar-refractivity contribution < 1.29 is 31.4 Å². The van der Waals surface area contributed by atoms with Crippen LogP contribution in [0.1, 0.15) is 0 Å². The first-order chi connectivity index (χ1) is 11.2. The summed E-state index contributed by atoms with van der Waals surface area (Å²) in [5.41, 5.74) is 0.286. The number of rotatable bonds is 6. The minimum Gasteiger partial charge on any atom is -0.406 e. The van der Waals surface area contributed by atoms with E-state index in [-0.39, 0.29) is 17.1 Å². The number of para-hydroxylation sites is 1. The van der Waals surface area contributed by atoms with Crippen molar-refractivity contribution in [2.75, 3.05) is 17.5 Å². The molecule has 0 heterocycles. The van der Waals surface area contributed by atoms with Crippen LogP contribution in [0.5, 0.6) is 5.75 Å². The van der Waals surface area contributed by atoms with Crippen molar-refractivity contribution in [3.05, 3.63) is 54.6 Å². The van der Waals surface area contributed by atoms with Crippen LogP contribution in [0.3, 0.4) is 0 Å². The summed E-state index contributed by atoms with van der Waals surface area (Å²) in [4.78, 5) is -0.374. The largest absolute Gasteiger partial charge is 0.573 e. The number of halogens is 3. The molecule has 0 aliphatic carbocycles. The standard InChI is InChI=1S/C15H14F3NO4S/c16-15(17,18)23-13-7-4-8-14(11-13)24(21,22)19(9-10-20)12-5-2-1-3-6-12/h1-8,11,20H,9-10H2. The number of ether oxygens (including phenoxy) is 1. The Kier molecular flexibility index (Phi) is 5.35. The SMILES string of the molecule is O=S(=O)(c1cccc(OC(F)(F)F)c1)N(CCO)c1ccccc1. The fourth-order valence-electron chi connectivity index (χ4n) is 2.03. The van der Waals surface area contributed by atoms with Gasteiger partial charge >= 0.3 is 6.36 Å². The number of nitrogens with zero attached hydrogens (tertiary/aromatic N) is 1. The molecule has 1 N–H and O–H groups in total. The summed E-state index contributed by atoms with van der Waals surface area (Å²) in [6, 6.07) is 12.0. The lowest BCUT2D eigenvalue weighted by molar-refractivity contribution is -0.274. The van der Waals surface area contributed by atoms with Gasteiger partial charge in [0, 0.05) is 6.07 Å². The minimum atomic E-state index is -4.92. The molecule has 0 unspecified atom stereocenters. The van der Waals surface area contributed by atoms with Gasteiger partial charge in [-0.2, -0.15) is 0 Å². The van der Waals surface area contributed by atoms with E-state index in [0.29, 0.717) is 0 Å². The van der Waals surface area contributed by atoms with Crippen molar-refractivity contribution in [2.45, 2.75) is 11.3 Å². The fourth-order valence-corrected chi connectivity index (χ4v) is 3.52. The van der Waals surface area contributed by atoms with Gasteiger partial charge < -0.3 is 9.84 Å². The number of hydrogen-bond donors (Lipinski definition) is 1. The number of benzene rings is 2. The van der Waals surface area contributed by atoms with Crippen molar-refractivity contribution >= 4 is 15.7 Å². The van der Waals surface area contributed by atoms with Gasteiger partial charge in [0.2, 0.25) is 0 Å². The number of aliphatic hydroxyl groups excluding tert-OH is 1. The van der Waals surface area contributed by atoms with Gasteiger partial charge in [0.1, 0.15) is 5.75 Å². The Morgan fingerprint density at radius 3 is 2.29 bits per heavy atom. The van der Waals surface area contributed by atoms with Crippen LogP contribution in [0.2, 0.25) is 0 Å². The predicted molar refractivity (Wildman–Crippen MR) is 81.2 cm³/mol. The predicted octanol–water partition coefficient (Wildman–Crippen LogP) is 2.77. The van der Waals surface area contributed by atoms with Gasteiger partial charge in [-0.15, -0.1) is 13.2 Å². The molecule has 2 rings (SSSR count). The normalized spacial score (nSPS) is 12.0. The quantitative estimate of drug-likeness (QED) is 0.859. The van der Waals surface area contributed by atoms with Crippen LogP contribution >= 0.6 is 0 Å². The van der Waals surface area contributed by atoms with Gasteiger partial charge in [-0.3, -0.25) is 4.31 Å². The smallest absolute Gasteiger partial charge is 0.406 e. The summed E-state index contributed by atoms with van der Waals surface area (Å²) in [5.74, 6) is -0.638. The molecule has 0 aliphatic heterocycles. The second-order valence-electron chi connectivity index (χ2n) is 4.66. The lowest BCUT2D eigenvalue weighted by atomic mass is 10.3. The minimum absolute atomic E-state index is 0.239. The molecule has 0 bridgehead atoms. The van der Waals surface area contributed by atoms with Gasteiger partial charge in [0.05, 0.1) is 23.7 Å². The van der Waals surface area contributed by atoms with E-state index in [1.807, 2.05) is 0 Å². The zero-order chi connectivity index (χ0) is 17.8. The maximum Gasteiger partial charge on any atom is 0.573 e. The number of alkyl halides is 3. The molecule has 5 nitrogen and oxygen atoms in total. The van der Waals surface area contributed by atoms with Crippen LogP contribution in [0, 0.1) is 0 Å². The van der Waals surface area contributed by atoms with Crippen LogP contribution in [-0.4, -0.2) is 33.0 Å². The summed E-state index contributed by atoms with van der Waals surface area (Å²) < 4.78 is 67.0. The first-order valence-electron chi connectivity index (χ1n) is 6.78. The van der Waals surface area contributed by atoms with E-state index in [1.54, 1.807) is 18.2 Å². The molecule has 0 aliphatic rings. The molecular weight excluding hydrogens is 347 g/mol. The first-order valence-corrected chi connectivity index (χ1v) is 8.22. The average Bonchev–Trinajstić information content (AvgIpc) is 2.52. The molecule has 0 saturated heterocycles. The Balaban J connectivity index is 2.42. The number of hydrogen-bond acceptors (Lipinski definition) is 4. The van der Waals surface area contributed by atoms with Crippen LogP contribution in [-0.2, 0) is 10.0 Å². The molecule has 0 saturated carbocycles. The molecule has 0 fully saturated rings. The fraction of sp³-hybridized carbons (Fsp3) is 0.200. The Morgan fingerprint density at radius 1 is 1.04 bits per heavy atom. The molecular formula is C15H14F3NO4S. The van der Waals surface area contributed by atoms with Crippen molar-refractivity contribution in [1.29, 1.82) is 0 Å². The van der Waals surface area contributed by atoms with E-state index < -0.39 is 28.7 Å². The number of sulfonamides is 1. The van der Waals surface area contributed by atoms with Gasteiger partial charge in [-0.25, -0.2) is 8.42 Å². The Bertz CT molecular complexity index is 779. The van der Waals surface area contributed by atoms with Gasteiger partial charge in [0.25, 0.3) is 10.0 Å². The number of aliphatic hydroxyl groups is 1. The zero-order valence-electron chi connectivity index (χ0n) is 12.3. The number of anilines is 1. The molecule has 2 aromatic carbocycles. The van der Waals surface area contributed by atoms with Crippen LogP contribution in [0.4, 0.5) is 18.9 Å². The highest BCUT2D eigenvalue weighted by molar-refractivity contribution is 7.92. The highest BCUT2D eigenvalue weighted by Crippen LogP contribution is 2.28. The molecule has 0 amide bonds. The average molecular weight is 361 g/mol. The summed E-state index contributed by atoms with van der Waals surface area (Å²) in [5, 5.41) is 9.14. The molecule has 2 aromatic rings. The third-order valence-corrected chi connectivity index (χ3v) is 4.80. The summed E-state index contributed by atoms with van der Waals surface area (Å²) >= 11 is 0. The van der Waals surface area contributed by atoms with Crippen molar-refractivity contribution in [3.63, 3.8) is 0 Å². The lowest BCUT2D eigenvalue weighted by Crippen LogP contribution is -2.33. The molecule has 24 heavy (non-hydrogen) atoms.